The van der Waals surface area contributed by atoms with Gasteiger partial charge in [-0.2, -0.15) is 0 Å². The van der Waals surface area contributed by atoms with Crippen LogP contribution in [0.2, 0.25) is 0 Å². The topological polar surface area (TPSA) is 44.4 Å². The molecule has 1 heterocycles. The van der Waals surface area contributed by atoms with Crippen LogP contribution in [0.25, 0.3) is 0 Å². The number of benzene rings is 1. The predicted octanol–water partition coefficient (Wildman–Crippen LogP) is 1.43. The minimum atomic E-state index is -0.0143. The summed E-state index contributed by atoms with van der Waals surface area (Å²) in [6.07, 6.45) is 2.02. The van der Waals surface area contributed by atoms with Gasteiger partial charge < -0.3 is 15.5 Å². The van der Waals surface area contributed by atoms with Crippen molar-refractivity contribution < 1.29 is 4.79 Å². The molecule has 1 amide bonds. The fourth-order valence-corrected chi connectivity index (χ4v) is 2.76. The van der Waals surface area contributed by atoms with Crippen LogP contribution in [-0.2, 0) is 11.3 Å². The molecular weight excluding hydrogens is 238 g/mol. The van der Waals surface area contributed by atoms with Gasteiger partial charge in [0.1, 0.15) is 6.04 Å². The predicted molar refractivity (Wildman–Crippen MR) is 78.4 cm³/mol. The SMILES string of the molecule is CNCc1ccc(N2CCCC2C(=O)NC)cc1C. The Balaban J connectivity index is 2.21. The molecule has 1 aromatic carbocycles. The molecule has 0 spiro atoms. The molecule has 1 unspecified atom stereocenters. The van der Waals surface area contributed by atoms with Crippen LogP contribution in [-0.4, -0.2) is 32.6 Å². The summed E-state index contributed by atoms with van der Waals surface area (Å²) in [5.74, 6) is 0.120. The molecule has 104 valence electrons. The molecule has 1 aliphatic rings. The molecule has 19 heavy (non-hydrogen) atoms. The van der Waals surface area contributed by atoms with Crippen LogP contribution in [0, 0.1) is 6.92 Å². The summed E-state index contributed by atoms with van der Waals surface area (Å²) < 4.78 is 0. The highest BCUT2D eigenvalue weighted by molar-refractivity contribution is 5.85. The van der Waals surface area contributed by atoms with Crippen LogP contribution < -0.4 is 15.5 Å². The molecule has 4 nitrogen and oxygen atoms in total. The van der Waals surface area contributed by atoms with E-state index in [0.717, 1.165) is 31.6 Å². The van der Waals surface area contributed by atoms with Crippen molar-refractivity contribution in [1.82, 2.24) is 10.6 Å². The second-order valence-corrected chi connectivity index (χ2v) is 5.11. The fourth-order valence-electron chi connectivity index (χ4n) is 2.76. The van der Waals surface area contributed by atoms with Gasteiger partial charge in [-0.15, -0.1) is 0 Å². The van der Waals surface area contributed by atoms with Crippen LogP contribution in [0.15, 0.2) is 18.2 Å². The van der Waals surface area contributed by atoms with Gasteiger partial charge in [-0.25, -0.2) is 0 Å². The van der Waals surface area contributed by atoms with Gasteiger partial charge in [-0.1, -0.05) is 6.07 Å². The molecule has 2 rings (SSSR count). The molecule has 0 aromatic heterocycles. The number of hydrogen-bond donors (Lipinski definition) is 2. The van der Waals surface area contributed by atoms with Gasteiger partial charge in [0.15, 0.2) is 0 Å². The number of nitrogens with zero attached hydrogens (tertiary/aromatic N) is 1. The maximum atomic E-state index is 11.9. The normalized spacial score (nSPS) is 18.7. The number of anilines is 1. The number of aryl methyl sites for hydroxylation is 1. The Morgan fingerprint density at radius 3 is 2.84 bits per heavy atom. The van der Waals surface area contributed by atoms with Gasteiger partial charge in [0.25, 0.3) is 0 Å². The summed E-state index contributed by atoms with van der Waals surface area (Å²) in [5.41, 5.74) is 3.74. The lowest BCUT2D eigenvalue weighted by Gasteiger charge is -2.26. The number of hydrogen-bond acceptors (Lipinski definition) is 3. The van der Waals surface area contributed by atoms with Gasteiger partial charge in [-0.3, -0.25) is 4.79 Å². The Morgan fingerprint density at radius 2 is 2.21 bits per heavy atom. The van der Waals surface area contributed by atoms with Gasteiger partial charge in [-0.05, 0) is 50.1 Å². The molecule has 1 saturated heterocycles. The standard InChI is InChI=1S/C15H23N3O/c1-11-9-13(7-6-12(11)10-16-2)18-8-4-5-14(18)15(19)17-3/h6-7,9,14,16H,4-5,8,10H2,1-3H3,(H,17,19). The lowest BCUT2D eigenvalue weighted by atomic mass is 10.1. The van der Waals surface area contributed by atoms with E-state index in [1.54, 1.807) is 7.05 Å². The van der Waals surface area contributed by atoms with E-state index in [1.807, 2.05) is 7.05 Å². The number of amides is 1. The van der Waals surface area contributed by atoms with Crippen molar-refractivity contribution in [2.45, 2.75) is 32.4 Å². The zero-order valence-electron chi connectivity index (χ0n) is 12.0. The Hall–Kier alpha value is -1.55. The number of likely N-dealkylation sites (N-methyl/N-ethyl adjacent to an activating group) is 1. The van der Waals surface area contributed by atoms with E-state index >= 15 is 0 Å². The summed E-state index contributed by atoms with van der Waals surface area (Å²) in [4.78, 5) is 14.1. The maximum Gasteiger partial charge on any atom is 0.242 e. The summed E-state index contributed by atoms with van der Waals surface area (Å²) >= 11 is 0. The van der Waals surface area contributed by atoms with E-state index in [9.17, 15) is 4.79 Å². The quantitative estimate of drug-likeness (QED) is 0.862. The van der Waals surface area contributed by atoms with E-state index in [0.29, 0.717) is 0 Å². The highest BCUT2D eigenvalue weighted by Gasteiger charge is 2.30. The molecule has 1 atom stereocenters. The summed E-state index contributed by atoms with van der Waals surface area (Å²) in [7, 11) is 3.66. The molecule has 1 aromatic rings. The Bertz CT molecular complexity index is 459. The van der Waals surface area contributed by atoms with Crippen molar-refractivity contribution >= 4 is 11.6 Å². The van der Waals surface area contributed by atoms with Crippen molar-refractivity contribution in [3.05, 3.63) is 29.3 Å². The molecule has 0 saturated carbocycles. The van der Waals surface area contributed by atoms with Gasteiger partial charge in [0.05, 0.1) is 0 Å². The average Bonchev–Trinajstić information content (AvgIpc) is 2.89. The zero-order valence-corrected chi connectivity index (χ0v) is 12.0. The molecule has 0 aliphatic carbocycles. The lowest BCUT2D eigenvalue weighted by Crippen LogP contribution is -2.42. The Kier molecular flexibility index (Phi) is 4.43. The molecule has 1 fully saturated rings. The van der Waals surface area contributed by atoms with E-state index in [2.05, 4.69) is 40.7 Å². The average molecular weight is 261 g/mol. The molecule has 0 radical (unpaired) electrons. The van der Waals surface area contributed by atoms with Gasteiger partial charge >= 0.3 is 0 Å². The monoisotopic (exact) mass is 261 g/mol. The Morgan fingerprint density at radius 1 is 1.42 bits per heavy atom. The highest BCUT2D eigenvalue weighted by atomic mass is 16.2. The summed E-state index contributed by atoms with van der Waals surface area (Å²) in [5, 5.41) is 5.93. The van der Waals surface area contributed by atoms with Crippen LogP contribution in [0.5, 0.6) is 0 Å². The van der Waals surface area contributed by atoms with Crippen LogP contribution in [0.1, 0.15) is 24.0 Å². The first-order valence-electron chi connectivity index (χ1n) is 6.89. The number of nitrogens with one attached hydrogen (secondary N) is 2. The second-order valence-electron chi connectivity index (χ2n) is 5.11. The van der Waals surface area contributed by atoms with Gasteiger partial charge in [0, 0.05) is 25.8 Å². The molecule has 2 N–H and O–H groups in total. The smallest absolute Gasteiger partial charge is 0.242 e. The third kappa shape index (κ3) is 2.89. The molecule has 0 bridgehead atoms. The van der Waals surface area contributed by atoms with E-state index in [4.69, 9.17) is 0 Å². The number of carbonyl (C=O) groups is 1. The van der Waals surface area contributed by atoms with E-state index < -0.39 is 0 Å². The fraction of sp³-hybridized carbons (Fsp3) is 0.533. The van der Waals surface area contributed by atoms with E-state index in [1.165, 1.54) is 11.1 Å². The largest absolute Gasteiger partial charge is 0.360 e. The third-order valence-electron chi connectivity index (χ3n) is 3.83. The zero-order chi connectivity index (χ0) is 13.8. The van der Waals surface area contributed by atoms with E-state index in [-0.39, 0.29) is 11.9 Å². The van der Waals surface area contributed by atoms with Crippen molar-refractivity contribution in [3.8, 4) is 0 Å². The summed E-state index contributed by atoms with van der Waals surface area (Å²) in [6, 6.07) is 6.45. The molecular formula is C15H23N3O. The second kappa shape index (κ2) is 6.06. The Labute approximate surface area is 115 Å². The molecule has 1 aliphatic heterocycles. The van der Waals surface area contributed by atoms with Crippen molar-refractivity contribution in [1.29, 1.82) is 0 Å². The minimum absolute atomic E-state index is 0.0143. The first-order valence-corrected chi connectivity index (χ1v) is 6.89. The van der Waals surface area contributed by atoms with Crippen molar-refractivity contribution in [3.63, 3.8) is 0 Å². The minimum Gasteiger partial charge on any atom is -0.360 e. The summed E-state index contributed by atoms with van der Waals surface area (Å²) in [6.45, 7) is 3.97. The lowest BCUT2D eigenvalue weighted by molar-refractivity contribution is -0.121. The first-order chi connectivity index (χ1) is 9.17. The van der Waals surface area contributed by atoms with Gasteiger partial charge in [0.2, 0.25) is 5.91 Å². The number of carbonyl (C=O) groups excluding carboxylic acids is 1. The maximum absolute atomic E-state index is 11.9. The van der Waals surface area contributed by atoms with Crippen LogP contribution in [0.3, 0.4) is 0 Å². The first kappa shape index (κ1) is 13.9. The van der Waals surface area contributed by atoms with Crippen molar-refractivity contribution in [2.75, 3.05) is 25.5 Å². The number of rotatable bonds is 4. The van der Waals surface area contributed by atoms with Crippen LogP contribution >= 0.6 is 0 Å². The van der Waals surface area contributed by atoms with Crippen molar-refractivity contribution in [2.24, 2.45) is 0 Å². The third-order valence-corrected chi connectivity index (χ3v) is 3.83. The van der Waals surface area contributed by atoms with Crippen LogP contribution in [0.4, 0.5) is 5.69 Å². The highest BCUT2D eigenvalue weighted by Crippen LogP contribution is 2.27. The molecule has 4 heteroatoms.